The van der Waals surface area contributed by atoms with Crippen LogP contribution in [0.3, 0.4) is 0 Å². The SMILES string of the molecule is COC(=O)C1CCCN(C(=O)C2CCC(=O)NC2)C1. The van der Waals surface area contributed by atoms with Crippen LogP contribution in [0.2, 0.25) is 0 Å². The van der Waals surface area contributed by atoms with E-state index in [4.69, 9.17) is 4.74 Å². The van der Waals surface area contributed by atoms with Crippen molar-refractivity contribution in [3.05, 3.63) is 0 Å². The second kappa shape index (κ2) is 6.04. The molecular weight excluding hydrogens is 248 g/mol. The van der Waals surface area contributed by atoms with Gasteiger partial charge in [-0.3, -0.25) is 14.4 Å². The molecule has 2 atom stereocenters. The number of methoxy groups -OCH3 is 1. The molecule has 0 aromatic rings. The van der Waals surface area contributed by atoms with E-state index in [9.17, 15) is 14.4 Å². The van der Waals surface area contributed by atoms with E-state index in [0.717, 1.165) is 12.8 Å². The summed E-state index contributed by atoms with van der Waals surface area (Å²) in [5, 5.41) is 2.72. The van der Waals surface area contributed by atoms with Gasteiger partial charge in [0.05, 0.1) is 18.9 Å². The number of carbonyl (C=O) groups excluding carboxylic acids is 3. The number of nitrogens with one attached hydrogen (secondary N) is 1. The van der Waals surface area contributed by atoms with Gasteiger partial charge < -0.3 is 15.0 Å². The Balaban J connectivity index is 1.91. The molecule has 2 aliphatic rings. The average Bonchev–Trinajstić information content (AvgIpc) is 2.46. The first-order valence-electron chi connectivity index (χ1n) is 6.75. The van der Waals surface area contributed by atoms with E-state index in [1.807, 2.05) is 0 Å². The second-order valence-corrected chi connectivity index (χ2v) is 5.19. The molecule has 0 radical (unpaired) electrons. The standard InChI is InChI=1S/C13H20N2O4/c1-19-13(18)10-3-2-6-15(8-10)12(17)9-4-5-11(16)14-7-9/h9-10H,2-8H2,1H3,(H,14,16). The Morgan fingerprint density at radius 1 is 1.32 bits per heavy atom. The van der Waals surface area contributed by atoms with Gasteiger partial charge in [-0.1, -0.05) is 0 Å². The maximum Gasteiger partial charge on any atom is 0.310 e. The predicted octanol–water partition coefficient (Wildman–Crippen LogP) is -0.0758. The first kappa shape index (κ1) is 13.8. The lowest BCUT2D eigenvalue weighted by atomic mass is 9.93. The molecule has 0 bridgehead atoms. The van der Waals surface area contributed by atoms with E-state index < -0.39 is 0 Å². The third-order valence-corrected chi connectivity index (χ3v) is 3.88. The lowest BCUT2D eigenvalue weighted by Crippen LogP contribution is -2.49. The molecule has 1 N–H and O–H groups in total. The van der Waals surface area contributed by atoms with E-state index in [1.165, 1.54) is 7.11 Å². The largest absolute Gasteiger partial charge is 0.469 e. The van der Waals surface area contributed by atoms with Gasteiger partial charge in [0.15, 0.2) is 0 Å². The summed E-state index contributed by atoms with van der Waals surface area (Å²) in [6.07, 6.45) is 2.61. The molecule has 0 spiro atoms. The molecule has 2 amide bonds. The number of rotatable bonds is 2. The van der Waals surface area contributed by atoms with Gasteiger partial charge in [0, 0.05) is 26.1 Å². The first-order valence-corrected chi connectivity index (χ1v) is 6.75. The topological polar surface area (TPSA) is 75.7 Å². The maximum absolute atomic E-state index is 12.3. The van der Waals surface area contributed by atoms with Gasteiger partial charge in [-0.05, 0) is 19.3 Å². The van der Waals surface area contributed by atoms with Crippen molar-refractivity contribution in [2.24, 2.45) is 11.8 Å². The van der Waals surface area contributed by atoms with Crippen LogP contribution >= 0.6 is 0 Å². The molecule has 2 heterocycles. The zero-order valence-electron chi connectivity index (χ0n) is 11.2. The molecule has 19 heavy (non-hydrogen) atoms. The summed E-state index contributed by atoms with van der Waals surface area (Å²) < 4.78 is 4.74. The molecule has 6 nitrogen and oxygen atoms in total. The minimum absolute atomic E-state index is 0.00938. The number of esters is 1. The molecule has 0 saturated carbocycles. The maximum atomic E-state index is 12.3. The summed E-state index contributed by atoms with van der Waals surface area (Å²) in [7, 11) is 1.37. The smallest absolute Gasteiger partial charge is 0.310 e. The number of carbonyl (C=O) groups is 3. The minimum atomic E-state index is -0.241. The number of likely N-dealkylation sites (tertiary alicyclic amines) is 1. The molecule has 2 saturated heterocycles. The van der Waals surface area contributed by atoms with Crippen molar-refractivity contribution in [2.45, 2.75) is 25.7 Å². The summed E-state index contributed by atoms with van der Waals surface area (Å²) in [4.78, 5) is 36.7. The summed E-state index contributed by atoms with van der Waals surface area (Å²) in [6.45, 7) is 1.55. The number of ether oxygens (including phenoxy) is 1. The zero-order chi connectivity index (χ0) is 13.8. The zero-order valence-corrected chi connectivity index (χ0v) is 11.2. The number of hydrogen-bond donors (Lipinski definition) is 1. The number of nitrogens with zero attached hydrogens (tertiary/aromatic N) is 1. The fourth-order valence-corrected chi connectivity index (χ4v) is 2.74. The monoisotopic (exact) mass is 268 g/mol. The Morgan fingerprint density at radius 2 is 2.11 bits per heavy atom. The molecule has 6 heteroatoms. The van der Waals surface area contributed by atoms with Crippen LogP contribution in [-0.2, 0) is 19.1 Å². The number of hydrogen-bond acceptors (Lipinski definition) is 4. The molecule has 2 aliphatic heterocycles. The Bertz CT molecular complexity index is 373. The van der Waals surface area contributed by atoms with Crippen LogP contribution in [0.1, 0.15) is 25.7 Å². The van der Waals surface area contributed by atoms with Crippen LogP contribution in [0.5, 0.6) is 0 Å². The van der Waals surface area contributed by atoms with Crippen LogP contribution in [0, 0.1) is 11.8 Å². The Kier molecular flexibility index (Phi) is 4.39. The van der Waals surface area contributed by atoms with E-state index in [1.54, 1.807) is 4.90 Å². The highest BCUT2D eigenvalue weighted by atomic mass is 16.5. The highest BCUT2D eigenvalue weighted by Gasteiger charge is 2.33. The average molecular weight is 268 g/mol. The van der Waals surface area contributed by atoms with Gasteiger partial charge in [0.2, 0.25) is 11.8 Å². The summed E-state index contributed by atoms with van der Waals surface area (Å²) in [5.41, 5.74) is 0. The number of amides is 2. The van der Waals surface area contributed by atoms with Crippen LogP contribution in [0.15, 0.2) is 0 Å². The van der Waals surface area contributed by atoms with Gasteiger partial charge in [-0.15, -0.1) is 0 Å². The molecule has 0 aromatic heterocycles. The quantitative estimate of drug-likeness (QED) is 0.711. The Morgan fingerprint density at radius 3 is 2.74 bits per heavy atom. The van der Waals surface area contributed by atoms with Gasteiger partial charge in [-0.25, -0.2) is 0 Å². The van der Waals surface area contributed by atoms with E-state index in [2.05, 4.69) is 5.32 Å². The third-order valence-electron chi connectivity index (χ3n) is 3.88. The van der Waals surface area contributed by atoms with Crippen molar-refractivity contribution in [1.29, 1.82) is 0 Å². The van der Waals surface area contributed by atoms with E-state index in [0.29, 0.717) is 32.5 Å². The molecular formula is C13H20N2O4. The van der Waals surface area contributed by atoms with Crippen LogP contribution < -0.4 is 5.32 Å². The van der Waals surface area contributed by atoms with E-state index in [-0.39, 0.29) is 29.6 Å². The Hall–Kier alpha value is -1.59. The minimum Gasteiger partial charge on any atom is -0.469 e. The highest BCUT2D eigenvalue weighted by molar-refractivity contribution is 5.84. The van der Waals surface area contributed by atoms with Crippen LogP contribution in [0.25, 0.3) is 0 Å². The fraction of sp³-hybridized carbons (Fsp3) is 0.769. The summed E-state index contributed by atoms with van der Waals surface area (Å²) in [6, 6.07) is 0. The van der Waals surface area contributed by atoms with Crippen molar-refractivity contribution >= 4 is 17.8 Å². The van der Waals surface area contributed by atoms with Crippen molar-refractivity contribution in [1.82, 2.24) is 10.2 Å². The van der Waals surface area contributed by atoms with Gasteiger partial charge in [0.1, 0.15) is 0 Å². The molecule has 0 aromatic carbocycles. The van der Waals surface area contributed by atoms with E-state index >= 15 is 0 Å². The van der Waals surface area contributed by atoms with Gasteiger partial charge in [-0.2, -0.15) is 0 Å². The van der Waals surface area contributed by atoms with Crippen molar-refractivity contribution in [3.63, 3.8) is 0 Å². The third kappa shape index (κ3) is 3.24. The highest BCUT2D eigenvalue weighted by Crippen LogP contribution is 2.21. The molecule has 2 unspecified atom stereocenters. The van der Waals surface area contributed by atoms with Gasteiger partial charge in [0.25, 0.3) is 0 Å². The molecule has 106 valence electrons. The lowest BCUT2D eigenvalue weighted by Gasteiger charge is -2.34. The predicted molar refractivity (Wildman–Crippen MR) is 67.1 cm³/mol. The van der Waals surface area contributed by atoms with Gasteiger partial charge >= 0.3 is 5.97 Å². The Labute approximate surface area is 112 Å². The summed E-state index contributed by atoms with van der Waals surface area (Å²) >= 11 is 0. The molecule has 0 aliphatic carbocycles. The normalized spacial score (nSPS) is 27.6. The van der Waals surface area contributed by atoms with Crippen molar-refractivity contribution in [3.8, 4) is 0 Å². The summed E-state index contributed by atoms with van der Waals surface area (Å²) in [5.74, 6) is -0.534. The first-order chi connectivity index (χ1) is 9.11. The fourth-order valence-electron chi connectivity index (χ4n) is 2.74. The second-order valence-electron chi connectivity index (χ2n) is 5.19. The van der Waals surface area contributed by atoms with Crippen LogP contribution in [-0.4, -0.2) is 49.4 Å². The lowest BCUT2D eigenvalue weighted by molar-refractivity contribution is -0.149. The molecule has 2 rings (SSSR count). The van der Waals surface area contributed by atoms with Crippen LogP contribution in [0.4, 0.5) is 0 Å². The van der Waals surface area contributed by atoms with Crippen molar-refractivity contribution < 1.29 is 19.1 Å². The molecule has 2 fully saturated rings. The number of piperidine rings is 2. The van der Waals surface area contributed by atoms with Crippen molar-refractivity contribution in [2.75, 3.05) is 26.7 Å².